The van der Waals surface area contributed by atoms with Crippen LogP contribution in [0.1, 0.15) is 17.9 Å². The molecule has 0 spiro atoms. The van der Waals surface area contributed by atoms with Crippen LogP contribution in [0.4, 0.5) is 0 Å². The maximum Gasteiger partial charge on any atom is 0.0561 e. The maximum absolute atomic E-state index is 5.74. The first-order valence-corrected chi connectivity index (χ1v) is 3.98. The summed E-state index contributed by atoms with van der Waals surface area (Å²) in [6, 6.07) is 7.91. The van der Waals surface area contributed by atoms with Crippen molar-refractivity contribution in [2.45, 2.75) is 12.3 Å². The standard InChI is InChI=1S/C10H7Cl/c11-10-6-4-9(5-7-10)8-2-1-3-8/h4-8H,2H2. The minimum atomic E-state index is 0.465. The molecule has 0 aliphatic heterocycles. The summed E-state index contributed by atoms with van der Waals surface area (Å²) in [6.07, 6.45) is 1.00. The van der Waals surface area contributed by atoms with Gasteiger partial charge in [-0.25, -0.2) is 0 Å². The van der Waals surface area contributed by atoms with Crippen molar-refractivity contribution in [1.82, 2.24) is 0 Å². The van der Waals surface area contributed by atoms with Crippen LogP contribution in [0.25, 0.3) is 0 Å². The molecule has 1 aliphatic carbocycles. The van der Waals surface area contributed by atoms with Crippen LogP contribution in [-0.2, 0) is 0 Å². The average molecular weight is 163 g/mol. The van der Waals surface area contributed by atoms with Crippen LogP contribution in [0, 0.1) is 11.8 Å². The summed E-state index contributed by atoms with van der Waals surface area (Å²) in [7, 11) is 0. The van der Waals surface area contributed by atoms with E-state index in [0.717, 1.165) is 11.4 Å². The van der Waals surface area contributed by atoms with Gasteiger partial charge in [0.15, 0.2) is 0 Å². The van der Waals surface area contributed by atoms with Gasteiger partial charge in [-0.1, -0.05) is 29.7 Å². The third-order valence-electron chi connectivity index (χ3n) is 1.85. The molecule has 0 radical (unpaired) electrons. The number of hydrogen-bond donors (Lipinski definition) is 0. The largest absolute Gasteiger partial charge is 0.101 e. The van der Waals surface area contributed by atoms with E-state index in [2.05, 4.69) is 11.8 Å². The molecule has 0 amide bonds. The Balaban J connectivity index is 2.28. The lowest BCUT2D eigenvalue weighted by atomic mass is 9.91. The lowest BCUT2D eigenvalue weighted by Crippen LogP contribution is -2.00. The lowest BCUT2D eigenvalue weighted by molar-refractivity contribution is 0.867. The van der Waals surface area contributed by atoms with Crippen molar-refractivity contribution in [1.29, 1.82) is 0 Å². The highest BCUT2D eigenvalue weighted by molar-refractivity contribution is 6.30. The molecule has 0 saturated heterocycles. The highest BCUT2D eigenvalue weighted by atomic mass is 35.5. The predicted molar refractivity (Wildman–Crippen MR) is 46.6 cm³/mol. The second-order valence-corrected chi connectivity index (χ2v) is 3.07. The van der Waals surface area contributed by atoms with Crippen molar-refractivity contribution in [2.75, 3.05) is 0 Å². The molecule has 0 bridgehead atoms. The number of hydrogen-bond acceptors (Lipinski definition) is 0. The van der Waals surface area contributed by atoms with E-state index in [1.807, 2.05) is 24.3 Å². The van der Waals surface area contributed by atoms with Crippen molar-refractivity contribution >= 4 is 11.6 Å². The van der Waals surface area contributed by atoms with E-state index in [-0.39, 0.29) is 0 Å². The molecule has 0 nitrogen and oxygen atoms in total. The maximum atomic E-state index is 5.74. The van der Waals surface area contributed by atoms with Crippen LogP contribution in [0.2, 0.25) is 5.02 Å². The van der Waals surface area contributed by atoms with Gasteiger partial charge < -0.3 is 0 Å². The summed E-state index contributed by atoms with van der Waals surface area (Å²) in [6.45, 7) is 0. The molecule has 0 heterocycles. The molecule has 2 rings (SSSR count). The number of rotatable bonds is 1. The number of halogens is 1. The fourth-order valence-electron chi connectivity index (χ4n) is 1.10. The summed E-state index contributed by atoms with van der Waals surface area (Å²) >= 11 is 5.74. The minimum Gasteiger partial charge on any atom is -0.101 e. The third-order valence-corrected chi connectivity index (χ3v) is 2.11. The van der Waals surface area contributed by atoms with Gasteiger partial charge >= 0.3 is 0 Å². The molecule has 1 aromatic rings. The van der Waals surface area contributed by atoms with Crippen molar-refractivity contribution in [2.24, 2.45) is 0 Å². The van der Waals surface area contributed by atoms with Crippen LogP contribution < -0.4 is 0 Å². The first-order chi connectivity index (χ1) is 5.36. The van der Waals surface area contributed by atoms with Gasteiger partial charge in [0.1, 0.15) is 0 Å². The molecule has 54 valence electrons. The summed E-state index contributed by atoms with van der Waals surface area (Å²) in [5, 5.41) is 0.793. The van der Waals surface area contributed by atoms with Crippen LogP contribution in [0.15, 0.2) is 24.3 Å². The van der Waals surface area contributed by atoms with Crippen LogP contribution in [-0.4, -0.2) is 0 Å². The molecule has 11 heavy (non-hydrogen) atoms. The second kappa shape index (κ2) is 2.60. The van der Waals surface area contributed by atoms with E-state index >= 15 is 0 Å². The lowest BCUT2D eigenvalue weighted by Gasteiger charge is -2.12. The van der Waals surface area contributed by atoms with Gasteiger partial charge in [-0.3, -0.25) is 0 Å². The highest BCUT2D eigenvalue weighted by Crippen LogP contribution is 2.24. The van der Waals surface area contributed by atoms with Crippen molar-refractivity contribution in [3.8, 4) is 11.8 Å². The zero-order chi connectivity index (χ0) is 7.68. The van der Waals surface area contributed by atoms with Crippen molar-refractivity contribution in [3.05, 3.63) is 34.9 Å². The SMILES string of the molecule is Clc1ccc(C2C#CC2)cc1. The van der Waals surface area contributed by atoms with E-state index in [1.165, 1.54) is 5.56 Å². The molecule has 0 aromatic heterocycles. The normalized spacial score (nSPS) is 19.9. The smallest absolute Gasteiger partial charge is 0.0561 e. The minimum absolute atomic E-state index is 0.465. The second-order valence-electron chi connectivity index (χ2n) is 2.63. The van der Waals surface area contributed by atoms with Gasteiger partial charge in [0.05, 0.1) is 5.92 Å². The van der Waals surface area contributed by atoms with E-state index in [9.17, 15) is 0 Å². The van der Waals surface area contributed by atoms with Gasteiger partial charge in [-0.2, -0.15) is 0 Å². The first-order valence-electron chi connectivity index (χ1n) is 3.60. The molecule has 1 heteroatoms. The Morgan fingerprint density at radius 2 is 1.91 bits per heavy atom. The van der Waals surface area contributed by atoms with E-state index in [4.69, 9.17) is 11.6 Å². The summed E-state index contributed by atoms with van der Waals surface area (Å²) < 4.78 is 0. The third kappa shape index (κ3) is 1.25. The number of benzene rings is 1. The Labute approximate surface area is 71.2 Å². The molecule has 1 aliphatic rings. The Morgan fingerprint density at radius 1 is 1.27 bits per heavy atom. The van der Waals surface area contributed by atoms with Gasteiger partial charge in [0, 0.05) is 11.4 Å². The Morgan fingerprint density at radius 3 is 2.36 bits per heavy atom. The quantitative estimate of drug-likeness (QED) is 0.557. The molecule has 0 N–H and O–H groups in total. The average Bonchev–Trinajstić information content (AvgIpc) is 1.90. The molecular formula is C10H7Cl. The predicted octanol–water partition coefficient (Wildman–Crippen LogP) is 2.83. The Kier molecular flexibility index (Phi) is 1.60. The van der Waals surface area contributed by atoms with Crippen LogP contribution >= 0.6 is 11.6 Å². The monoisotopic (exact) mass is 162 g/mol. The van der Waals surface area contributed by atoms with Crippen molar-refractivity contribution in [3.63, 3.8) is 0 Å². The van der Waals surface area contributed by atoms with Gasteiger partial charge in [0.25, 0.3) is 0 Å². The summed E-state index contributed by atoms with van der Waals surface area (Å²) in [4.78, 5) is 0. The van der Waals surface area contributed by atoms with Crippen LogP contribution in [0.5, 0.6) is 0 Å². The molecular weight excluding hydrogens is 156 g/mol. The zero-order valence-electron chi connectivity index (χ0n) is 5.97. The van der Waals surface area contributed by atoms with E-state index in [0.29, 0.717) is 5.92 Å². The Hall–Kier alpha value is -0.930. The summed E-state index contributed by atoms with van der Waals surface area (Å²) in [5.74, 6) is 6.54. The molecule has 0 fully saturated rings. The van der Waals surface area contributed by atoms with E-state index in [1.54, 1.807) is 0 Å². The molecule has 0 saturated carbocycles. The van der Waals surface area contributed by atoms with Crippen LogP contribution in [0.3, 0.4) is 0 Å². The first kappa shape index (κ1) is 6.76. The fourth-order valence-corrected chi connectivity index (χ4v) is 1.23. The highest BCUT2D eigenvalue weighted by Gasteiger charge is 2.11. The van der Waals surface area contributed by atoms with Gasteiger partial charge in [-0.15, -0.1) is 5.92 Å². The molecule has 1 aromatic carbocycles. The molecule has 1 unspecified atom stereocenters. The molecule has 1 atom stereocenters. The topological polar surface area (TPSA) is 0 Å². The fraction of sp³-hybridized carbons (Fsp3) is 0.200. The van der Waals surface area contributed by atoms with E-state index < -0.39 is 0 Å². The van der Waals surface area contributed by atoms with Crippen molar-refractivity contribution < 1.29 is 0 Å². The van der Waals surface area contributed by atoms with Gasteiger partial charge in [0.2, 0.25) is 0 Å². The summed E-state index contributed by atoms with van der Waals surface area (Å²) in [5.41, 5.74) is 1.29. The Bertz CT molecular complexity index is 313. The van der Waals surface area contributed by atoms with Gasteiger partial charge in [-0.05, 0) is 17.7 Å². The zero-order valence-corrected chi connectivity index (χ0v) is 6.73.